The van der Waals surface area contributed by atoms with Crippen LogP contribution in [0.25, 0.3) is 0 Å². The highest BCUT2D eigenvalue weighted by Gasteiger charge is 2.45. The highest BCUT2D eigenvalue weighted by atomic mass is 16.5. The zero-order valence-electron chi connectivity index (χ0n) is 10.5. The Bertz CT molecular complexity index is 288. The van der Waals surface area contributed by atoms with Crippen LogP contribution < -0.4 is 5.32 Å². The molecule has 2 atom stereocenters. The van der Waals surface area contributed by atoms with E-state index in [0.29, 0.717) is 13.0 Å². The molecule has 1 amide bonds. The highest BCUT2D eigenvalue weighted by Crippen LogP contribution is 2.37. The van der Waals surface area contributed by atoms with Gasteiger partial charge in [0.1, 0.15) is 0 Å². The molecule has 1 fully saturated rings. The van der Waals surface area contributed by atoms with Crippen LogP contribution >= 0.6 is 0 Å². The monoisotopic (exact) mass is 227 g/mol. The molecule has 2 unspecified atom stereocenters. The van der Waals surface area contributed by atoms with Gasteiger partial charge in [0.2, 0.25) is 5.91 Å². The minimum absolute atomic E-state index is 0.0526. The Morgan fingerprint density at radius 2 is 2.25 bits per heavy atom. The highest BCUT2D eigenvalue weighted by molar-refractivity contribution is 5.86. The molecule has 0 bridgehead atoms. The maximum absolute atomic E-state index is 11.8. The summed E-state index contributed by atoms with van der Waals surface area (Å²) in [5.74, 6) is 0.0947. The van der Waals surface area contributed by atoms with Crippen LogP contribution in [0.15, 0.2) is 0 Å². The fourth-order valence-electron chi connectivity index (χ4n) is 2.05. The molecule has 4 heteroatoms. The molecular formula is C12H21NO3. The molecule has 1 saturated heterocycles. The van der Waals surface area contributed by atoms with Crippen molar-refractivity contribution in [2.75, 3.05) is 6.61 Å². The van der Waals surface area contributed by atoms with Gasteiger partial charge in [0.15, 0.2) is 0 Å². The van der Waals surface area contributed by atoms with Crippen LogP contribution in [0.5, 0.6) is 0 Å². The summed E-state index contributed by atoms with van der Waals surface area (Å²) < 4.78 is 4.88. The molecule has 1 rings (SSSR count). The molecule has 0 radical (unpaired) electrons. The first kappa shape index (κ1) is 13.0. The summed E-state index contributed by atoms with van der Waals surface area (Å²) in [6.45, 7) is 8.20. The second kappa shape index (κ2) is 4.85. The van der Waals surface area contributed by atoms with Crippen LogP contribution in [0.4, 0.5) is 0 Å². The number of hydrogen-bond acceptors (Lipinski definition) is 3. The molecule has 16 heavy (non-hydrogen) atoms. The summed E-state index contributed by atoms with van der Waals surface area (Å²) in [5.41, 5.74) is -0.350. The maximum Gasteiger partial charge on any atom is 0.307 e. The van der Waals surface area contributed by atoms with Crippen LogP contribution in [0.3, 0.4) is 0 Å². The maximum atomic E-state index is 11.8. The average molecular weight is 227 g/mol. The number of amides is 1. The summed E-state index contributed by atoms with van der Waals surface area (Å²) in [5, 5.41) is 2.88. The van der Waals surface area contributed by atoms with Gasteiger partial charge in [-0.3, -0.25) is 9.59 Å². The van der Waals surface area contributed by atoms with Crippen molar-refractivity contribution in [1.29, 1.82) is 0 Å². The van der Waals surface area contributed by atoms with Crippen LogP contribution in [-0.2, 0) is 14.3 Å². The molecule has 0 aromatic heterocycles. The summed E-state index contributed by atoms with van der Waals surface area (Å²) in [6.07, 6.45) is 0.990. The minimum Gasteiger partial charge on any atom is -0.466 e. The van der Waals surface area contributed by atoms with Gasteiger partial charge in [-0.05, 0) is 19.3 Å². The van der Waals surface area contributed by atoms with E-state index < -0.39 is 0 Å². The van der Waals surface area contributed by atoms with Gasteiger partial charge in [-0.15, -0.1) is 0 Å². The molecular weight excluding hydrogens is 206 g/mol. The third-order valence-electron chi connectivity index (χ3n) is 3.52. The molecule has 1 heterocycles. The standard InChI is InChI=1S/C12H21NO3/c1-5-16-10(14)6-9-7-12(4,8(2)3)11(15)13-9/h8-9H,5-7H2,1-4H3,(H,13,15). The molecule has 0 aliphatic carbocycles. The van der Waals surface area contributed by atoms with E-state index in [1.165, 1.54) is 0 Å². The van der Waals surface area contributed by atoms with E-state index in [1.807, 2.05) is 20.8 Å². The fraction of sp³-hybridized carbons (Fsp3) is 0.833. The molecule has 0 spiro atoms. The lowest BCUT2D eigenvalue weighted by atomic mass is 9.76. The molecule has 1 aliphatic heterocycles. The molecule has 0 aromatic rings. The van der Waals surface area contributed by atoms with Crippen molar-refractivity contribution < 1.29 is 14.3 Å². The SMILES string of the molecule is CCOC(=O)CC1CC(C)(C(C)C)C(=O)N1. The third-order valence-corrected chi connectivity index (χ3v) is 3.52. The Labute approximate surface area is 96.7 Å². The second-order valence-corrected chi connectivity index (χ2v) is 4.96. The molecule has 0 saturated carbocycles. The first-order valence-corrected chi connectivity index (χ1v) is 5.86. The normalized spacial score (nSPS) is 29.3. The van der Waals surface area contributed by atoms with Gasteiger partial charge in [0.05, 0.1) is 18.4 Å². The summed E-state index contributed by atoms with van der Waals surface area (Å²) in [4.78, 5) is 23.1. The number of ether oxygens (including phenoxy) is 1. The van der Waals surface area contributed by atoms with Crippen LogP contribution in [0.2, 0.25) is 0 Å². The van der Waals surface area contributed by atoms with Crippen LogP contribution in [0, 0.1) is 11.3 Å². The Kier molecular flexibility index (Phi) is 3.94. The van der Waals surface area contributed by atoms with Gasteiger partial charge >= 0.3 is 5.97 Å². The molecule has 1 N–H and O–H groups in total. The number of carbonyl (C=O) groups is 2. The Morgan fingerprint density at radius 3 is 2.69 bits per heavy atom. The van der Waals surface area contributed by atoms with Gasteiger partial charge < -0.3 is 10.1 Å². The zero-order valence-corrected chi connectivity index (χ0v) is 10.5. The minimum atomic E-state index is -0.350. The Morgan fingerprint density at radius 1 is 1.62 bits per heavy atom. The van der Waals surface area contributed by atoms with Gasteiger partial charge in [0.25, 0.3) is 0 Å². The van der Waals surface area contributed by atoms with E-state index in [-0.39, 0.29) is 35.7 Å². The van der Waals surface area contributed by atoms with E-state index >= 15 is 0 Å². The predicted octanol–water partition coefficient (Wildman–Crippen LogP) is 1.49. The zero-order chi connectivity index (χ0) is 12.3. The van der Waals surface area contributed by atoms with Crippen molar-refractivity contribution in [3.63, 3.8) is 0 Å². The van der Waals surface area contributed by atoms with Crippen LogP contribution in [0.1, 0.15) is 40.5 Å². The number of nitrogens with one attached hydrogen (secondary N) is 1. The summed E-state index contributed by atoms with van der Waals surface area (Å²) in [6, 6.07) is -0.0704. The van der Waals surface area contributed by atoms with Gasteiger partial charge in [-0.25, -0.2) is 0 Å². The van der Waals surface area contributed by atoms with E-state index in [9.17, 15) is 9.59 Å². The van der Waals surface area contributed by atoms with Gasteiger partial charge in [-0.1, -0.05) is 20.8 Å². The van der Waals surface area contributed by atoms with Gasteiger partial charge in [-0.2, -0.15) is 0 Å². The lowest BCUT2D eigenvalue weighted by Gasteiger charge is -2.25. The fourth-order valence-corrected chi connectivity index (χ4v) is 2.05. The molecule has 1 aliphatic rings. The number of rotatable bonds is 4. The van der Waals surface area contributed by atoms with Crippen molar-refractivity contribution in [3.8, 4) is 0 Å². The van der Waals surface area contributed by atoms with Crippen molar-refractivity contribution in [3.05, 3.63) is 0 Å². The van der Waals surface area contributed by atoms with Gasteiger partial charge in [0, 0.05) is 6.04 Å². The smallest absolute Gasteiger partial charge is 0.307 e. The quantitative estimate of drug-likeness (QED) is 0.740. The molecule has 0 aromatic carbocycles. The topological polar surface area (TPSA) is 55.4 Å². The largest absolute Gasteiger partial charge is 0.466 e. The average Bonchev–Trinajstić information content (AvgIpc) is 2.43. The first-order valence-electron chi connectivity index (χ1n) is 5.86. The lowest BCUT2D eigenvalue weighted by molar-refractivity contribution is -0.143. The van der Waals surface area contributed by atoms with Crippen molar-refractivity contribution in [2.45, 2.75) is 46.6 Å². The number of hydrogen-bond donors (Lipinski definition) is 1. The van der Waals surface area contributed by atoms with Crippen molar-refractivity contribution >= 4 is 11.9 Å². The van der Waals surface area contributed by atoms with Crippen molar-refractivity contribution in [2.24, 2.45) is 11.3 Å². The third kappa shape index (κ3) is 2.54. The first-order chi connectivity index (χ1) is 7.40. The molecule has 92 valence electrons. The van der Waals surface area contributed by atoms with E-state index in [0.717, 1.165) is 0 Å². The number of carbonyl (C=O) groups excluding carboxylic acids is 2. The van der Waals surface area contributed by atoms with Crippen LogP contribution in [-0.4, -0.2) is 24.5 Å². The van der Waals surface area contributed by atoms with Crippen molar-refractivity contribution in [1.82, 2.24) is 5.32 Å². The van der Waals surface area contributed by atoms with E-state index in [1.54, 1.807) is 6.92 Å². The van der Waals surface area contributed by atoms with E-state index in [4.69, 9.17) is 4.74 Å². The van der Waals surface area contributed by atoms with E-state index in [2.05, 4.69) is 5.32 Å². The number of esters is 1. The summed E-state index contributed by atoms with van der Waals surface area (Å²) in [7, 11) is 0. The summed E-state index contributed by atoms with van der Waals surface area (Å²) >= 11 is 0. The Hall–Kier alpha value is -1.06. The lowest BCUT2D eigenvalue weighted by Crippen LogP contribution is -2.33. The predicted molar refractivity (Wildman–Crippen MR) is 60.7 cm³/mol. The Balaban J connectivity index is 2.57. The second-order valence-electron chi connectivity index (χ2n) is 4.96. The molecule has 4 nitrogen and oxygen atoms in total.